The molecule has 0 spiro atoms. The first-order valence-corrected chi connectivity index (χ1v) is 8.96. The van der Waals surface area contributed by atoms with Crippen molar-refractivity contribution in [3.63, 3.8) is 0 Å². The van der Waals surface area contributed by atoms with Gasteiger partial charge in [0.25, 0.3) is 0 Å². The molecular weight excluding hydrogens is 461 g/mol. The van der Waals surface area contributed by atoms with Crippen molar-refractivity contribution in [1.82, 2.24) is 0 Å². The first-order valence-electron chi connectivity index (χ1n) is 8.05. The van der Waals surface area contributed by atoms with E-state index in [9.17, 15) is 30.7 Å². The van der Waals surface area contributed by atoms with Crippen molar-refractivity contribution in [2.75, 3.05) is 6.61 Å². The van der Waals surface area contributed by atoms with Gasteiger partial charge in [-0.05, 0) is 30.5 Å². The van der Waals surface area contributed by atoms with Gasteiger partial charge in [-0.25, -0.2) is 22.0 Å². The van der Waals surface area contributed by atoms with Gasteiger partial charge in [-0.3, -0.25) is 0 Å². The Labute approximate surface area is 163 Å². The number of hydrogen-bond donors (Lipinski definition) is 0. The van der Waals surface area contributed by atoms with Crippen LogP contribution in [-0.2, 0) is 10.8 Å². The van der Waals surface area contributed by atoms with Crippen LogP contribution in [-0.4, -0.2) is 11.4 Å². The van der Waals surface area contributed by atoms with E-state index >= 15 is 0 Å². The van der Waals surface area contributed by atoms with Gasteiger partial charge in [-0.15, -0.1) is 0 Å². The smallest absolute Gasteiger partial charge is 0.429 e. The van der Waals surface area contributed by atoms with Gasteiger partial charge in [0.2, 0.25) is 0 Å². The predicted molar refractivity (Wildman–Crippen MR) is 87.8 cm³/mol. The van der Waals surface area contributed by atoms with Crippen molar-refractivity contribution in [1.29, 1.82) is 0 Å². The fraction of sp³-hybridized carbons (Fsp3) is 0.333. The van der Waals surface area contributed by atoms with Gasteiger partial charge in [0, 0.05) is 23.6 Å². The maximum atomic E-state index is 14.3. The second kappa shape index (κ2) is 7.90. The summed E-state index contributed by atoms with van der Waals surface area (Å²) in [6.07, 6.45) is -4.23. The Balaban J connectivity index is 1.91. The lowest BCUT2D eigenvalue weighted by atomic mass is 9.99. The Morgan fingerprint density at radius 3 is 2.04 bits per heavy atom. The van der Waals surface area contributed by atoms with E-state index in [1.54, 1.807) is 0 Å². The summed E-state index contributed by atoms with van der Waals surface area (Å²) in [5, 5.41) is 0. The van der Waals surface area contributed by atoms with E-state index in [2.05, 4.69) is 20.7 Å². The molecule has 1 aliphatic rings. The summed E-state index contributed by atoms with van der Waals surface area (Å²) in [7, 11) is 0. The lowest BCUT2D eigenvalue weighted by Crippen LogP contribution is -2.26. The van der Waals surface area contributed by atoms with Crippen molar-refractivity contribution in [2.45, 2.75) is 29.9 Å². The molecule has 0 saturated carbocycles. The Hall–Kier alpha value is -1.81. The Bertz CT molecular complexity index is 844. The molecule has 2 atom stereocenters. The molecular formula is C18H12BrF7O2. The highest BCUT2D eigenvalue weighted by atomic mass is 79.9. The zero-order valence-electron chi connectivity index (χ0n) is 13.9. The molecule has 0 aliphatic carbocycles. The molecule has 28 heavy (non-hydrogen) atoms. The minimum absolute atomic E-state index is 0.0255. The largest absolute Gasteiger partial charge is 0.432 e. The number of benzene rings is 2. The van der Waals surface area contributed by atoms with Crippen LogP contribution in [0.5, 0.6) is 5.75 Å². The molecule has 1 saturated heterocycles. The summed E-state index contributed by atoms with van der Waals surface area (Å²) in [5.41, 5.74) is -1.72. The first kappa shape index (κ1) is 20.9. The summed E-state index contributed by atoms with van der Waals surface area (Å²) < 4.78 is 106. The molecule has 2 aromatic rings. The van der Waals surface area contributed by atoms with Gasteiger partial charge in [-0.1, -0.05) is 15.9 Å². The van der Waals surface area contributed by atoms with E-state index < -0.39 is 52.6 Å². The molecule has 0 amide bonds. The minimum Gasteiger partial charge on any atom is -0.429 e. The Morgan fingerprint density at radius 1 is 0.929 bits per heavy atom. The average molecular weight is 473 g/mol. The monoisotopic (exact) mass is 472 g/mol. The molecule has 0 bridgehead atoms. The van der Waals surface area contributed by atoms with E-state index in [0.29, 0.717) is 31.6 Å². The Kier molecular flexibility index (Phi) is 5.90. The van der Waals surface area contributed by atoms with Crippen LogP contribution >= 0.6 is 15.9 Å². The molecule has 10 heteroatoms. The first-order chi connectivity index (χ1) is 13.1. The van der Waals surface area contributed by atoms with Gasteiger partial charge in [0.05, 0.1) is 6.10 Å². The van der Waals surface area contributed by atoms with Crippen molar-refractivity contribution in [3.8, 4) is 5.75 Å². The van der Waals surface area contributed by atoms with Gasteiger partial charge in [0.15, 0.2) is 17.5 Å². The standard InChI is InChI=1S/C18H12BrF7O2/c19-9-1-2-27-15(5-9)8-3-11(20)16(12(21)4-8)18(25,26)28-10-6-13(22)17(24)14(23)7-10/h3-4,6-7,9,15H,1-2,5H2. The van der Waals surface area contributed by atoms with Crippen LogP contribution in [0.4, 0.5) is 30.7 Å². The fourth-order valence-electron chi connectivity index (χ4n) is 2.84. The third-order valence-electron chi connectivity index (χ3n) is 4.15. The molecule has 2 nitrogen and oxygen atoms in total. The fourth-order valence-corrected chi connectivity index (χ4v) is 3.36. The normalized spacial score (nSPS) is 20.3. The van der Waals surface area contributed by atoms with Crippen LogP contribution < -0.4 is 4.74 Å². The van der Waals surface area contributed by atoms with Gasteiger partial charge in [0.1, 0.15) is 22.9 Å². The minimum atomic E-state index is -4.62. The van der Waals surface area contributed by atoms with Gasteiger partial charge >= 0.3 is 6.11 Å². The molecule has 3 rings (SSSR count). The summed E-state index contributed by atoms with van der Waals surface area (Å²) >= 11 is 3.37. The number of hydrogen-bond acceptors (Lipinski definition) is 2. The topological polar surface area (TPSA) is 18.5 Å². The third kappa shape index (κ3) is 4.27. The molecule has 0 radical (unpaired) electrons. The van der Waals surface area contributed by atoms with Gasteiger partial charge in [-0.2, -0.15) is 8.78 Å². The zero-order chi connectivity index (χ0) is 20.6. The van der Waals surface area contributed by atoms with E-state index in [4.69, 9.17) is 4.74 Å². The van der Waals surface area contributed by atoms with Crippen LogP contribution in [0.3, 0.4) is 0 Å². The van der Waals surface area contributed by atoms with E-state index in [1.807, 2.05) is 0 Å². The lowest BCUT2D eigenvalue weighted by molar-refractivity contribution is -0.189. The number of ether oxygens (including phenoxy) is 2. The maximum absolute atomic E-state index is 14.3. The maximum Gasteiger partial charge on any atom is 0.432 e. The van der Waals surface area contributed by atoms with E-state index in [1.165, 1.54) is 0 Å². The number of halogens is 8. The Morgan fingerprint density at radius 2 is 1.50 bits per heavy atom. The molecule has 1 fully saturated rings. The van der Waals surface area contributed by atoms with Crippen LogP contribution in [0.2, 0.25) is 0 Å². The quantitative estimate of drug-likeness (QED) is 0.303. The molecule has 2 unspecified atom stereocenters. The second-order valence-corrected chi connectivity index (χ2v) is 7.46. The van der Waals surface area contributed by atoms with E-state index in [0.717, 1.165) is 0 Å². The van der Waals surface area contributed by atoms with Crippen LogP contribution in [0, 0.1) is 29.1 Å². The molecule has 1 aliphatic heterocycles. The molecule has 0 N–H and O–H groups in total. The summed E-state index contributed by atoms with van der Waals surface area (Å²) in [6, 6.07) is 1.67. The molecule has 0 aromatic heterocycles. The van der Waals surface area contributed by atoms with Crippen molar-refractivity contribution >= 4 is 15.9 Å². The van der Waals surface area contributed by atoms with Crippen molar-refractivity contribution in [3.05, 3.63) is 64.5 Å². The number of alkyl halides is 3. The second-order valence-electron chi connectivity index (χ2n) is 6.16. The third-order valence-corrected chi connectivity index (χ3v) is 4.98. The average Bonchev–Trinajstić information content (AvgIpc) is 2.58. The van der Waals surface area contributed by atoms with Crippen molar-refractivity contribution < 1.29 is 40.2 Å². The molecule has 1 heterocycles. The van der Waals surface area contributed by atoms with Crippen molar-refractivity contribution in [2.24, 2.45) is 0 Å². The van der Waals surface area contributed by atoms with Crippen LogP contribution in [0.1, 0.15) is 30.1 Å². The summed E-state index contributed by atoms with van der Waals surface area (Å²) in [4.78, 5) is 0.0464. The molecule has 2 aromatic carbocycles. The summed E-state index contributed by atoms with van der Waals surface area (Å²) in [5.74, 6) is -9.86. The SMILES string of the molecule is Fc1cc(OC(F)(F)c2c(F)cc(C3CC(Br)CCO3)cc2F)cc(F)c1F. The van der Waals surface area contributed by atoms with Gasteiger partial charge < -0.3 is 9.47 Å². The highest BCUT2D eigenvalue weighted by molar-refractivity contribution is 9.09. The zero-order valence-corrected chi connectivity index (χ0v) is 15.5. The van der Waals surface area contributed by atoms with E-state index in [-0.39, 0.29) is 22.5 Å². The highest BCUT2D eigenvalue weighted by Gasteiger charge is 2.42. The predicted octanol–water partition coefficient (Wildman–Crippen LogP) is 6.13. The highest BCUT2D eigenvalue weighted by Crippen LogP contribution is 2.39. The molecule has 152 valence electrons. The summed E-state index contributed by atoms with van der Waals surface area (Å²) in [6.45, 7) is 0.326. The lowest BCUT2D eigenvalue weighted by Gasteiger charge is -2.27. The van der Waals surface area contributed by atoms with Crippen LogP contribution in [0.15, 0.2) is 24.3 Å². The number of rotatable bonds is 4. The van der Waals surface area contributed by atoms with Crippen LogP contribution in [0.25, 0.3) is 0 Å².